The number of methoxy groups -OCH3 is 1. The molecule has 0 spiro atoms. The van der Waals surface area contributed by atoms with Crippen LogP contribution in [0.25, 0.3) is 0 Å². The molecule has 1 heterocycles. The molecule has 120 valence electrons. The minimum Gasteiger partial charge on any atom is -0.466 e. The molecule has 0 N–H and O–H groups in total. The normalized spacial score (nSPS) is 21.9. The van der Waals surface area contributed by atoms with Gasteiger partial charge in [-0.3, -0.25) is 0 Å². The van der Waals surface area contributed by atoms with E-state index in [1.165, 1.54) is 13.2 Å². The lowest BCUT2D eigenvalue weighted by Gasteiger charge is -2.22. The molecule has 1 fully saturated rings. The van der Waals surface area contributed by atoms with Crippen molar-refractivity contribution in [3.63, 3.8) is 0 Å². The van der Waals surface area contributed by atoms with E-state index >= 15 is 0 Å². The van der Waals surface area contributed by atoms with Gasteiger partial charge in [0.2, 0.25) is 0 Å². The molecule has 22 heavy (non-hydrogen) atoms. The third kappa shape index (κ3) is 4.94. The summed E-state index contributed by atoms with van der Waals surface area (Å²) in [5.74, 6) is -1.07. The molecule has 0 bridgehead atoms. The van der Waals surface area contributed by atoms with Crippen molar-refractivity contribution in [2.75, 3.05) is 13.7 Å². The quantitative estimate of drug-likeness (QED) is 0.597. The SMILES string of the molecule is COC(=O)/C=C/C(OCc1ccccc1)C1COC(C)(C)O1. The molecular formula is C17H22O5. The Hall–Kier alpha value is -1.69. The van der Waals surface area contributed by atoms with Crippen LogP contribution in [0.5, 0.6) is 0 Å². The lowest BCUT2D eigenvalue weighted by atomic mass is 10.2. The summed E-state index contributed by atoms with van der Waals surface area (Å²) in [5.41, 5.74) is 1.05. The zero-order valence-electron chi connectivity index (χ0n) is 13.2. The van der Waals surface area contributed by atoms with Crippen LogP contribution < -0.4 is 0 Å². The molecular weight excluding hydrogens is 284 g/mol. The van der Waals surface area contributed by atoms with E-state index in [0.717, 1.165) is 5.56 Å². The van der Waals surface area contributed by atoms with E-state index in [9.17, 15) is 4.79 Å². The molecule has 1 aromatic rings. The Balaban J connectivity index is 2.01. The summed E-state index contributed by atoms with van der Waals surface area (Å²) < 4.78 is 21.9. The molecule has 1 aliphatic rings. The summed E-state index contributed by atoms with van der Waals surface area (Å²) in [5, 5.41) is 0. The highest BCUT2D eigenvalue weighted by molar-refractivity contribution is 5.81. The van der Waals surface area contributed by atoms with E-state index in [0.29, 0.717) is 13.2 Å². The highest BCUT2D eigenvalue weighted by atomic mass is 16.7. The second-order valence-corrected chi connectivity index (χ2v) is 5.51. The standard InChI is InChI=1S/C17H22O5/c1-17(2)21-12-15(22-17)14(9-10-16(18)19-3)20-11-13-7-5-4-6-8-13/h4-10,14-15H,11-12H2,1-3H3/b10-9+. The van der Waals surface area contributed by atoms with Crippen molar-refractivity contribution in [3.8, 4) is 0 Å². The molecule has 0 aliphatic carbocycles. The van der Waals surface area contributed by atoms with Crippen molar-refractivity contribution in [1.29, 1.82) is 0 Å². The molecule has 0 saturated carbocycles. The molecule has 2 rings (SSSR count). The third-order valence-electron chi connectivity index (χ3n) is 3.31. The van der Waals surface area contributed by atoms with Gasteiger partial charge in [0.05, 0.1) is 20.3 Å². The van der Waals surface area contributed by atoms with Gasteiger partial charge < -0.3 is 18.9 Å². The molecule has 2 unspecified atom stereocenters. The zero-order valence-corrected chi connectivity index (χ0v) is 13.2. The van der Waals surface area contributed by atoms with E-state index in [2.05, 4.69) is 4.74 Å². The van der Waals surface area contributed by atoms with Gasteiger partial charge in [-0.1, -0.05) is 30.3 Å². The highest BCUT2D eigenvalue weighted by Gasteiger charge is 2.37. The fourth-order valence-electron chi connectivity index (χ4n) is 2.17. The van der Waals surface area contributed by atoms with Crippen molar-refractivity contribution >= 4 is 5.97 Å². The predicted molar refractivity (Wildman–Crippen MR) is 81.1 cm³/mol. The van der Waals surface area contributed by atoms with Crippen LogP contribution in [0.15, 0.2) is 42.5 Å². The lowest BCUT2D eigenvalue weighted by molar-refractivity contribution is -0.152. The molecule has 0 aromatic heterocycles. The van der Waals surface area contributed by atoms with Gasteiger partial charge in [-0.05, 0) is 25.5 Å². The first-order chi connectivity index (χ1) is 10.5. The topological polar surface area (TPSA) is 54.0 Å². The second kappa shape index (κ2) is 7.54. The fourth-order valence-corrected chi connectivity index (χ4v) is 2.17. The van der Waals surface area contributed by atoms with E-state index in [-0.39, 0.29) is 12.2 Å². The van der Waals surface area contributed by atoms with Crippen LogP contribution >= 0.6 is 0 Å². The van der Waals surface area contributed by atoms with Crippen molar-refractivity contribution in [3.05, 3.63) is 48.0 Å². The Kier molecular flexibility index (Phi) is 5.71. The van der Waals surface area contributed by atoms with E-state index in [1.54, 1.807) is 6.08 Å². The molecule has 2 atom stereocenters. The van der Waals surface area contributed by atoms with Crippen molar-refractivity contribution < 1.29 is 23.7 Å². The highest BCUT2D eigenvalue weighted by Crippen LogP contribution is 2.26. The van der Waals surface area contributed by atoms with E-state index in [4.69, 9.17) is 14.2 Å². The van der Waals surface area contributed by atoms with Crippen molar-refractivity contribution in [2.45, 2.75) is 38.4 Å². The van der Waals surface area contributed by atoms with Gasteiger partial charge in [0.15, 0.2) is 5.79 Å². The molecule has 0 amide bonds. The Morgan fingerprint density at radius 2 is 2.14 bits per heavy atom. The Morgan fingerprint density at radius 3 is 2.73 bits per heavy atom. The fraction of sp³-hybridized carbons (Fsp3) is 0.471. The number of benzene rings is 1. The maximum absolute atomic E-state index is 11.3. The third-order valence-corrected chi connectivity index (χ3v) is 3.31. The summed E-state index contributed by atoms with van der Waals surface area (Å²) >= 11 is 0. The Morgan fingerprint density at radius 1 is 1.41 bits per heavy atom. The number of ether oxygens (including phenoxy) is 4. The monoisotopic (exact) mass is 306 g/mol. The molecule has 1 saturated heterocycles. The number of carbonyl (C=O) groups excluding carboxylic acids is 1. The van der Waals surface area contributed by atoms with Crippen LogP contribution in [0.3, 0.4) is 0 Å². The minimum atomic E-state index is -0.641. The van der Waals surface area contributed by atoms with Crippen LogP contribution in [-0.4, -0.2) is 37.7 Å². The van der Waals surface area contributed by atoms with Crippen LogP contribution in [0.4, 0.5) is 0 Å². The van der Waals surface area contributed by atoms with Gasteiger partial charge in [-0.25, -0.2) is 4.79 Å². The molecule has 0 radical (unpaired) electrons. The molecule has 5 nitrogen and oxygen atoms in total. The molecule has 1 aromatic carbocycles. The maximum Gasteiger partial charge on any atom is 0.330 e. The van der Waals surface area contributed by atoms with Crippen molar-refractivity contribution in [2.24, 2.45) is 0 Å². The first-order valence-corrected chi connectivity index (χ1v) is 7.23. The summed E-state index contributed by atoms with van der Waals surface area (Å²) in [6.07, 6.45) is 2.36. The number of carbonyl (C=O) groups is 1. The van der Waals surface area contributed by atoms with Gasteiger partial charge >= 0.3 is 5.97 Å². The van der Waals surface area contributed by atoms with Crippen LogP contribution in [0.2, 0.25) is 0 Å². The van der Waals surface area contributed by atoms with Gasteiger partial charge in [0.1, 0.15) is 12.2 Å². The minimum absolute atomic E-state index is 0.264. The first-order valence-electron chi connectivity index (χ1n) is 7.23. The Bertz CT molecular complexity index is 509. The number of esters is 1. The van der Waals surface area contributed by atoms with Crippen LogP contribution in [0, 0.1) is 0 Å². The maximum atomic E-state index is 11.3. The lowest BCUT2D eigenvalue weighted by Crippen LogP contribution is -2.31. The van der Waals surface area contributed by atoms with Gasteiger partial charge in [0.25, 0.3) is 0 Å². The Labute approximate surface area is 130 Å². The second-order valence-electron chi connectivity index (χ2n) is 5.51. The average molecular weight is 306 g/mol. The number of hydrogen-bond acceptors (Lipinski definition) is 5. The largest absolute Gasteiger partial charge is 0.466 e. The predicted octanol–water partition coefficient (Wildman–Crippen LogP) is 2.45. The van der Waals surface area contributed by atoms with Crippen LogP contribution in [0.1, 0.15) is 19.4 Å². The van der Waals surface area contributed by atoms with E-state index < -0.39 is 11.8 Å². The number of rotatable bonds is 6. The zero-order chi connectivity index (χ0) is 16.0. The summed E-state index contributed by atoms with van der Waals surface area (Å²) in [4.78, 5) is 11.3. The molecule has 1 aliphatic heterocycles. The van der Waals surface area contributed by atoms with Crippen LogP contribution in [-0.2, 0) is 30.3 Å². The van der Waals surface area contributed by atoms with Gasteiger partial charge in [-0.15, -0.1) is 0 Å². The van der Waals surface area contributed by atoms with Crippen molar-refractivity contribution in [1.82, 2.24) is 0 Å². The summed E-state index contributed by atoms with van der Waals surface area (Å²) in [7, 11) is 1.34. The smallest absolute Gasteiger partial charge is 0.330 e. The summed E-state index contributed by atoms with van der Waals surface area (Å²) in [6.45, 7) is 4.55. The van der Waals surface area contributed by atoms with Gasteiger partial charge in [0, 0.05) is 6.08 Å². The number of hydrogen-bond donors (Lipinski definition) is 0. The van der Waals surface area contributed by atoms with Gasteiger partial charge in [-0.2, -0.15) is 0 Å². The molecule has 5 heteroatoms. The summed E-state index contributed by atoms with van der Waals surface area (Å²) in [6, 6.07) is 9.83. The average Bonchev–Trinajstić information content (AvgIpc) is 2.88. The first kappa shape index (κ1) is 16.7. The van der Waals surface area contributed by atoms with E-state index in [1.807, 2.05) is 44.2 Å².